The zero-order valence-electron chi connectivity index (χ0n) is 11.4. The number of amides is 2. The normalized spacial score (nSPS) is 17.7. The Labute approximate surface area is 116 Å². The molecule has 0 spiro atoms. The van der Waals surface area contributed by atoms with Crippen molar-refractivity contribution in [2.75, 3.05) is 0 Å². The number of imide groups is 1. The van der Waals surface area contributed by atoms with Crippen LogP contribution in [-0.2, 0) is 16.0 Å². The molecule has 2 amide bonds. The van der Waals surface area contributed by atoms with Crippen LogP contribution < -0.4 is 5.32 Å². The lowest BCUT2D eigenvalue weighted by atomic mass is 10.00. The third-order valence-electron chi connectivity index (χ3n) is 3.71. The van der Waals surface area contributed by atoms with E-state index in [-0.39, 0.29) is 18.2 Å². The summed E-state index contributed by atoms with van der Waals surface area (Å²) in [6.45, 7) is 3.89. The first-order chi connectivity index (χ1) is 9.61. The van der Waals surface area contributed by atoms with E-state index in [2.05, 4.69) is 12.2 Å². The van der Waals surface area contributed by atoms with Crippen LogP contribution in [0.1, 0.15) is 31.6 Å². The molecule has 1 aliphatic rings. The molecular formula is C16H15NO3. The zero-order chi connectivity index (χ0) is 14.3. The van der Waals surface area contributed by atoms with E-state index in [4.69, 9.17) is 4.42 Å². The molecule has 4 nitrogen and oxygen atoms in total. The van der Waals surface area contributed by atoms with Crippen LogP contribution in [0.4, 0.5) is 0 Å². The Morgan fingerprint density at radius 3 is 2.70 bits per heavy atom. The van der Waals surface area contributed by atoms with Crippen LogP contribution >= 0.6 is 0 Å². The van der Waals surface area contributed by atoms with E-state index in [1.807, 2.05) is 31.2 Å². The van der Waals surface area contributed by atoms with Gasteiger partial charge in [0.05, 0.1) is 6.42 Å². The third-order valence-corrected chi connectivity index (χ3v) is 3.71. The topological polar surface area (TPSA) is 59.3 Å². The summed E-state index contributed by atoms with van der Waals surface area (Å²) in [6, 6.07) is 7.81. The fourth-order valence-electron chi connectivity index (χ4n) is 2.68. The van der Waals surface area contributed by atoms with E-state index < -0.39 is 0 Å². The van der Waals surface area contributed by atoms with Crippen molar-refractivity contribution >= 4 is 28.4 Å². The second-order valence-corrected chi connectivity index (χ2v) is 4.92. The number of furan rings is 1. The van der Waals surface area contributed by atoms with Crippen molar-refractivity contribution in [3.8, 4) is 0 Å². The first-order valence-electron chi connectivity index (χ1n) is 6.66. The minimum absolute atomic E-state index is 0.130. The highest BCUT2D eigenvalue weighted by Crippen LogP contribution is 2.33. The molecule has 1 aromatic heterocycles. The van der Waals surface area contributed by atoms with Gasteiger partial charge in [0.2, 0.25) is 5.91 Å². The van der Waals surface area contributed by atoms with Crippen molar-refractivity contribution in [3.63, 3.8) is 0 Å². The smallest absolute Gasteiger partial charge is 0.254 e. The van der Waals surface area contributed by atoms with Gasteiger partial charge in [0.15, 0.2) is 0 Å². The molecule has 0 saturated carbocycles. The fourth-order valence-corrected chi connectivity index (χ4v) is 2.68. The van der Waals surface area contributed by atoms with Gasteiger partial charge in [0.1, 0.15) is 11.3 Å². The van der Waals surface area contributed by atoms with Crippen LogP contribution in [0.3, 0.4) is 0 Å². The number of para-hydroxylation sites is 1. The number of carbonyl (C=O) groups excluding carboxylic acids is 2. The minimum atomic E-state index is -0.310. The number of carbonyl (C=O) groups is 2. The number of hydrogen-bond acceptors (Lipinski definition) is 3. The Bertz CT molecular complexity index is 752. The maximum Gasteiger partial charge on any atom is 0.254 e. The SMILES string of the molecule is CCc1c(C(C)=C2CC(=O)NC2=O)oc2ccccc12. The van der Waals surface area contributed by atoms with Crippen LogP contribution in [-0.4, -0.2) is 11.8 Å². The van der Waals surface area contributed by atoms with Crippen LogP contribution in [0.15, 0.2) is 34.3 Å². The van der Waals surface area contributed by atoms with E-state index in [1.54, 1.807) is 0 Å². The largest absolute Gasteiger partial charge is 0.456 e. The van der Waals surface area contributed by atoms with Gasteiger partial charge in [0, 0.05) is 22.1 Å². The highest BCUT2D eigenvalue weighted by Gasteiger charge is 2.28. The maximum atomic E-state index is 11.8. The Morgan fingerprint density at radius 1 is 1.30 bits per heavy atom. The number of hydrogen-bond donors (Lipinski definition) is 1. The molecule has 1 aliphatic heterocycles. The highest BCUT2D eigenvalue weighted by molar-refractivity contribution is 6.17. The van der Waals surface area contributed by atoms with Gasteiger partial charge in [-0.2, -0.15) is 0 Å². The predicted octanol–water partition coefficient (Wildman–Crippen LogP) is 2.82. The van der Waals surface area contributed by atoms with Gasteiger partial charge < -0.3 is 4.42 Å². The number of fused-ring (bicyclic) bond motifs is 1. The number of rotatable bonds is 2. The number of nitrogens with one attached hydrogen (secondary N) is 1. The zero-order valence-corrected chi connectivity index (χ0v) is 11.4. The van der Waals surface area contributed by atoms with Gasteiger partial charge >= 0.3 is 0 Å². The van der Waals surface area contributed by atoms with Crippen LogP contribution in [0.25, 0.3) is 16.5 Å². The first kappa shape index (κ1) is 12.7. The Hall–Kier alpha value is -2.36. The Morgan fingerprint density at radius 2 is 2.05 bits per heavy atom. The summed E-state index contributed by atoms with van der Waals surface area (Å²) in [5, 5.41) is 3.38. The molecule has 102 valence electrons. The van der Waals surface area contributed by atoms with Crippen LogP contribution in [0, 0.1) is 0 Å². The molecule has 0 unspecified atom stereocenters. The molecule has 0 radical (unpaired) electrons. The van der Waals surface area contributed by atoms with Crippen molar-refractivity contribution in [3.05, 3.63) is 41.2 Å². The van der Waals surface area contributed by atoms with Gasteiger partial charge in [-0.1, -0.05) is 25.1 Å². The number of allylic oxidation sites excluding steroid dienone is 1. The standard InChI is InChI=1S/C16H15NO3/c1-3-10-11-6-4-5-7-13(11)20-15(10)9(2)12-8-14(18)17-16(12)19/h4-7H,3,8H2,1-2H3,(H,17,18,19). The van der Waals surface area contributed by atoms with Gasteiger partial charge in [-0.05, 0) is 19.4 Å². The second-order valence-electron chi connectivity index (χ2n) is 4.92. The molecule has 1 N–H and O–H groups in total. The second kappa shape index (κ2) is 4.63. The van der Waals surface area contributed by atoms with Gasteiger partial charge in [-0.3, -0.25) is 14.9 Å². The molecule has 2 aromatic rings. The van der Waals surface area contributed by atoms with E-state index in [1.165, 1.54) is 0 Å². The van der Waals surface area contributed by atoms with E-state index in [0.29, 0.717) is 11.3 Å². The summed E-state index contributed by atoms with van der Waals surface area (Å²) in [4.78, 5) is 23.1. The average Bonchev–Trinajstić information content (AvgIpc) is 2.97. The van der Waals surface area contributed by atoms with Crippen molar-refractivity contribution in [2.24, 2.45) is 0 Å². The van der Waals surface area contributed by atoms with Gasteiger partial charge in [-0.25, -0.2) is 0 Å². The molecule has 20 heavy (non-hydrogen) atoms. The molecule has 1 fully saturated rings. The lowest BCUT2D eigenvalue weighted by Gasteiger charge is -2.03. The molecule has 1 aromatic carbocycles. The monoisotopic (exact) mass is 269 g/mol. The van der Waals surface area contributed by atoms with Gasteiger partial charge in [0.25, 0.3) is 5.91 Å². The summed E-state index contributed by atoms with van der Waals surface area (Å²) in [5.41, 5.74) is 3.15. The first-order valence-corrected chi connectivity index (χ1v) is 6.66. The Kier molecular flexibility index (Phi) is 2.93. The van der Waals surface area contributed by atoms with Crippen molar-refractivity contribution in [2.45, 2.75) is 26.7 Å². The maximum absolute atomic E-state index is 11.8. The van der Waals surface area contributed by atoms with Crippen molar-refractivity contribution in [1.82, 2.24) is 5.32 Å². The number of aryl methyl sites for hydroxylation is 1. The summed E-state index contributed by atoms with van der Waals surface area (Å²) >= 11 is 0. The molecule has 1 saturated heterocycles. The number of benzene rings is 1. The molecular weight excluding hydrogens is 254 g/mol. The molecule has 0 bridgehead atoms. The molecule has 4 heteroatoms. The third kappa shape index (κ3) is 1.84. The fraction of sp³-hybridized carbons (Fsp3) is 0.250. The van der Waals surface area contributed by atoms with Crippen molar-refractivity contribution in [1.29, 1.82) is 0 Å². The summed E-state index contributed by atoms with van der Waals surface area (Å²) < 4.78 is 5.90. The summed E-state index contributed by atoms with van der Waals surface area (Å²) in [5.74, 6) is 0.155. The Balaban J connectivity index is 2.22. The molecule has 0 aliphatic carbocycles. The van der Waals surface area contributed by atoms with Gasteiger partial charge in [-0.15, -0.1) is 0 Å². The quantitative estimate of drug-likeness (QED) is 0.673. The predicted molar refractivity (Wildman–Crippen MR) is 76.0 cm³/mol. The highest BCUT2D eigenvalue weighted by atomic mass is 16.3. The lowest BCUT2D eigenvalue weighted by Crippen LogP contribution is -2.19. The lowest BCUT2D eigenvalue weighted by molar-refractivity contribution is -0.124. The van der Waals surface area contributed by atoms with E-state index in [0.717, 1.165) is 28.5 Å². The van der Waals surface area contributed by atoms with Crippen LogP contribution in [0.2, 0.25) is 0 Å². The van der Waals surface area contributed by atoms with E-state index >= 15 is 0 Å². The van der Waals surface area contributed by atoms with E-state index in [9.17, 15) is 9.59 Å². The average molecular weight is 269 g/mol. The van der Waals surface area contributed by atoms with Crippen molar-refractivity contribution < 1.29 is 14.0 Å². The summed E-state index contributed by atoms with van der Waals surface area (Å²) in [6.07, 6.45) is 0.942. The summed E-state index contributed by atoms with van der Waals surface area (Å²) in [7, 11) is 0. The van der Waals surface area contributed by atoms with Crippen LogP contribution in [0.5, 0.6) is 0 Å². The molecule has 0 atom stereocenters. The molecule has 3 rings (SSSR count). The minimum Gasteiger partial charge on any atom is -0.456 e. The molecule has 2 heterocycles.